The number of anilines is 1. The molecule has 4 rings (SSSR count). The Labute approximate surface area is 157 Å². The second-order valence-electron chi connectivity index (χ2n) is 6.11. The maximum absolute atomic E-state index is 9.57. The molecular weight excluding hydrogens is 332 g/mol. The van der Waals surface area contributed by atoms with Crippen LogP contribution in [0, 0.1) is 11.3 Å². The third-order valence-electron chi connectivity index (χ3n) is 4.42. The van der Waals surface area contributed by atoms with Crippen LogP contribution in [0.3, 0.4) is 0 Å². The summed E-state index contributed by atoms with van der Waals surface area (Å²) in [6.07, 6.45) is 3.44. The fourth-order valence-electron chi connectivity index (χ4n) is 3.04. The summed E-state index contributed by atoms with van der Waals surface area (Å²) < 4.78 is 0. The lowest BCUT2D eigenvalue weighted by Gasteiger charge is -2.11. The van der Waals surface area contributed by atoms with Crippen LogP contribution in [-0.4, -0.2) is 9.97 Å². The summed E-state index contributed by atoms with van der Waals surface area (Å²) in [5.41, 5.74) is 12.0. The number of hydrogen-bond acceptors (Lipinski definition) is 4. The van der Waals surface area contributed by atoms with Gasteiger partial charge in [-0.15, -0.1) is 0 Å². The van der Waals surface area contributed by atoms with Crippen LogP contribution in [0.5, 0.6) is 0 Å². The molecule has 0 aliphatic carbocycles. The molecule has 0 saturated carbocycles. The molecule has 2 aromatic carbocycles. The number of nitriles is 1. The highest BCUT2D eigenvalue weighted by molar-refractivity contribution is 5.81. The van der Waals surface area contributed by atoms with Crippen molar-refractivity contribution >= 4 is 5.82 Å². The van der Waals surface area contributed by atoms with Crippen molar-refractivity contribution in [3.8, 4) is 39.6 Å². The minimum atomic E-state index is 0.223. The van der Waals surface area contributed by atoms with E-state index in [0.717, 1.165) is 27.8 Å². The lowest BCUT2D eigenvalue weighted by molar-refractivity contribution is 1.27. The van der Waals surface area contributed by atoms with Gasteiger partial charge in [0.2, 0.25) is 0 Å². The fraction of sp³-hybridized carbons (Fsp3) is 0. The minimum Gasteiger partial charge on any atom is -0.383 e. The summed E-state index contributed by atoms with van der Waals surface area (Å²) in [7, 11) is 0. The average molecular weight is 348 g/mol. The summed E-state index contributed by atoms with van der Waals surface area (Å²) >= 11 is 0. The van der Waals surface area contributed by atoms with E-state index in [-0.39, 0.29) is 5.82 Å². The van der Waals surface area contributed by atoms with Crippen LogP contribution < -0.4 is 5.73 Å². The van der Waals surface area contributed by atoms with E-state index in [4.69, 9.17) is 5.73 Å². The van der Waals surface area contributed by atoms with Gasteiger partial charge < -0.3 is 5.73 Å². The Balaban J connectivity index is 1.81. The Morgan fingerprint density at radius 1 is 0.778 bits per heavy atom. The third-order valence-corrected chi connectivity index (χ3v) is 4.42. The maximum Gasteiger partial charge on any atom is 0.142 e. The van der Waals surface area contributed by atoms with Crippen molar-refractivity contribution in [1.82, 2.24) is 9.97 Å². The number of nitrogens with two attached hydrogens (primary N) is 1. The van der Waals surface area contributed by atoms with E-state index in [2.05, 4.69) is 28.2 Å². The van der Waals surface area contributed by atoms with Crippen molar-refractivity contribution < 1.29 is 0 Å². The van der Waals surface area contributed by atoms with Crippen LogP contribution >= 0.6 is 0 Å². The normalized spacial score (nSPS) is 10.3. The van der Waals surface area contributed by atoms with Gasteiger partial charge in [0, 0.05) is 23.5 Å². The van der Waals surface area contributed by atoms with Crippen molar-refractivity contribution in [3.05, 3.63) is 90.8 Å². The van der Waals surface area contributed by atoms with Crippen molar-refractivity contribution in [2.75, 3.05) is 5.73 Å². The first kappa shape index (κ1) is 16.5. The largest absolute Gasteiger partial charge is 0.383 e. The van der Waals surface area contributed by atoms with Crippen LogP contribution in [-0.2, 0) is 0 Å². The maximum atomic E-state index is 9.57. The first-order valence-corrected chi connectivity index (χ1v) is 8.53. The predicted molar refractivity (Wildman–Crippen MR) is 107 cm³/mol. The highest BCUT2D eigenvalue weighted by Gasteiger charge is 2.13. The molecule has 0 fully saturated rings. The Hall–Kier alpha value is -3.97. The molecule has 0 unspecified atom stereocenters. The average Bonchev–Trinajstić information content (AvgIpc) is 2.74. The molecule has 27 heavy (non-hydrogen) atoms. The molecule has 2 N–H and O–H groups in total. The van der Waals surface area contributed by atoms with E-state index < -0.39 is 0 Å². The summed E-state index contributed by atoms with van der Waals surface area (Å²) in [4.78, 5) is 8.52. The second-order valence-corrected chi connectivity index (χ2v) is 6.11. The highest BCUT2D eigenvalue weighted by Crippen LogP contribution is 2.32. The molecule has 0 spiro atoms. The van der Waals surface area contributed by atoms with E-state index >= 15 is 0 Å². The molecule has 0 aliphatic rings. The lowest BCUT2D eigenvalue weighted by atomic mass is 9.96. The Morgan fingerprint density at radius 3 is 2.11 bits per heavy atom. The summed E-state index contributed by atoms with van der Waals surface area (Å²) in [6, 6.07) is 26.1. The van der Waals surface area contributed by atoms with Gasteiger partial charge in [-0.2, -0.15) is 5.26 Å². The first-order chi connectivity index (χ1) is 13.3. The fourth-order valence-corrected chi connectivity index (χ4v) is 3.04. The standard InChI is InChI=1S/C23H16N4/c24-14-21-20(13-22(27-23(21)25)19-7-4-12-26-15-19)18-10-8-17(9-11-18)16-5-2-1-3-6-16/h1-13,15H,(H2,25,27). The van der Waals surface area contributed by atoms with Gasteiger partial charge in [-0.25, -0.2) is 4.98 Å². The SMILES string of the molecule is N#Cc1c(-c2ccc(-c3ccccc3)cc2)cc(-c2cccnc2)nc1N. The minimum absolute atomic E-state index is 0.223. The number of pyridine rings is 2. The van der Waals surface area contributed by atoms with Gasteiger partial charge in [0.15, 0.2) is 0 Å². The van der Waals surface area contributed by atoms with Crippen LogP contribution in [0.2, 0.25) is 0 Å². The molecule has 128 valence electrons. The van der Waals surface area contributed by atoms with E-state index in [1.165, 1.54) is 0 Å². The predicted octanol–water partition coefficient (Wildman–Crippen LogP) is 4.93. The monoisotopic (exact) mass is 348 g/mol. The molecule has 0 amide bonds. The van der Waals surface area contributed by atoms with Gasteiger partial charge in [0.1, 0.15) is 17.5 Å². The van der Waals surface area contributed by atoms with Crippen LogP contribution in [0.1, 0.15) is 5.56 Å². The summed E-state index contributed by atoms with van der Waals surface area (Å²) in [6.45, 7) is 0. The Morgan fingerprint density at radius 2 is 1.44 bits per heavy atom. The topological polar surface area (TPSA) is 75.6 Å². The molecule has 0 bridgehead atoms. The van der Waals surface area contributed by atoms with Gasteiger partial charge >= 0.3 is 0 Å². The number of nitrogens with zero attached hydrogens (tertiary/aromatic N) is 3. The lowest BCUT2D eigenvalue weighted by Crippen LogP contribution is -2.00. The van der Waals surface area contributed by atoms with Crippen LogP contribution in [0.4, 0.5) is 5.82 Å². The molecular formula is C23H16N4. The van der Waals surface area contributed by atoms with Gasteiger partial charge in [-0.3, -0.25) is 4.98 Å². The summed E-state index contributed by atoms with van der Waals surface area (Å²) in [5, 5.41) is 9.57. The van der Waals surface area contributed by atoms with Gasteiger partial charge in [0.05, 0.1) is 5.69 Å². The molecule has 0 radical (unpaired) electrons. The van der Waals surface area contributed by atoms with Crippen LogP contribution in [0.15, 0.2) is 85.2 Å². The molecule has 2 aromatic heterocycles. The molecule has 4 heteroatoms. The van der Waals surface area contributed by atoms with E-state index in [9.17, 15) is 5.26 Å². The molecule has 0 saturated heterocycles. The van der Waals surface area contributed by atoms with E-state index in [0.29, 0.717) is 11.3 Å². The zero-order chi connectivity index (χ0) is 18.6. The number of benzene rings is 2. The Bertz CT molecular complexity index is 1110. The Kier molecular flexibility index (Phi) is 4.34. The first-order valence-electron chi connectivity index (χ1n) is 8.53. The molecule has 4 aromatic rings. The van der Waals surface area contributed by atoms with Crippen molar-refractivity contribution in [2.45, 2.75) is 0 Å². The molecule has 0 atom stereocenters. The van der Waals surface area contributed by atoms with Gasteiger partial charge in [-0.1, -0.05) is 54.6 Å². The van der Waals surface area contributed by atoms with E-state index in [1.807, 2.05) is 60.7 Å². The number of hydrogen-bond donors (Lipinski definition) is 1. The number of aromatic nitrogens is 2. The van der Waals surface area contributed by atoms with Gasteiger partial charge in [0.25, 0.3) is 0 Å². The molecule has 2 heterocycles. The smallest absolute Gasteiger partial charge is 0.142 e. The zero-order valence-electron chi connectivity index (χ0n) is 14.5. The van der Waals surface area contributed by atoms with Crippen molar-refractivity contribution in [3.63, 3.8) is 0 Å². The number of nitrogen functional groups attached to an aromatic ring is 1. The van der Waals surface area contributed by atoms with Gasteiger partial charge in [-0.05, 0) is 34.9 Å². The van der Waals surface area contributed by atoms with E-state index in [1.54, 1.807) is 12.4 Å². The van der Waals surface area contributed by atoms with Crippen molar-refractivity contribution in [2.24, 2.45) is 0 Å². The van der Waals surface area contributed by atoms with Crippen LogP contribution in [0.25, 0.3) is 33.5 Å². The highest BCUT2D eigenvalue weighted by atomic mass is 14.8. The zero-order valence-corrected chi connectivity index (χ0v) is 14.5. The summed E-state index contributed by atoms with van der Waals surface area (Å²) in [5.74, 6) is 0.223. The number of rotatable bonds is 3. The van der Waals surface area contributed by atoms with Crippen molar-refractivity contribution in [1.29, 1.82) is 5.26 Å². The third kappa shape index (κ3) is 3.26. The molecule has 0 aliphatic heterocycles. The second kappa shape index (κ2) is 7.11. The molecule has 4 nitrogen and oxygen atoms in total. The quantitative estimate of drug-likeness (QED) is 0.569.